The number of methoxy groups -OCH3 is 1. The Labute approximate surface area is 199 Å². The Morgan fingerprint density at radius 1 is 0.853 bits per heavy atom. The van der Waals surface area contributed by atoms with E-state index in [0.29, 0.717) is 22.6 Å². The molecule has 0 saturated carbocycles. The third-order valence-electron chi connectivity index (χ3n) is 6.72. The van der Waals surface area contributed by atoms with E-state index in [0.717, 1.165) is 25.0 Å². The van der Waals surface area contributed by atoms with Gasteiger partial charge in [-0.05, 0) is 60.1 Å². The maximum Gasteiger partial charge on any atom is 0.201 e. The first-order chi connectivity index (χ1) is 16.5. The second-order valence-electron chi connectivity index (χ2n) is 9.02. The minimum Gasteiger partial charge on any atom is -0.494 e. The standard InChI is InChI=1S/C29H31F3O2/c1-3-4-5-6-19-7-15-26(34-18-19)22-12-13-23(25(30)17-22)20-8-10-21(11-9-20)24-14-16-27(33-2)29(32)28(24)31/h8-14,16-17,19,26H,3-7,15,18H2,1-2H3. The van der Waals surface area contributed by atoms with Crippen LogP contribution < -0.4 is 4.74 Å². The van der Waals surface area contributed by atoms with Crippen LogP contribution in [0, 0.1) is 23.4 Å². The van der Waals surface area contributed by atoms with Crippen molar-refractivity contribution in [1.29, 1.82) is 0 Å². The van der Waals surface area contributed by atoms with Gasteiger partial charge >= 0.3 is 0 Å². The van der Waals surface area contributed by atoms with Gasteiger partial charge in [0.05, 0.1) is 19.8 Å². The molecule has 1 aliphatic rings. The van der Waals surface area contributed by atoms with E-state index < -0.39 is 11.6 Å². The third-order valence-corrected chi connectivity index (χ3v) is 6.72. The predicted molar refractivity (Wildman–Crippen MR) is 129 cm³/mol. The first-order valence-corrected chi connectivity index (χ1v) is 12.1. The third kappa shape index (κ3) is 5.30. The average molecular weight is 469 g/mol. The summed E-state index contributed by atoms with van der Waals surface area (Å²) in [5.74, 6) is -1.85. The Hall–Kier alpha value is -2.79. The van der Waals surface area contributed by atoms with Crippen LogP contribution in [0.3, 0.4) is 0 Å². The molecule has 3 aromatic carbocycles. The van der Waals surface area contributed by atoms with Crippen molar-refractivity contribution in [2.24, 2.45) is 5.92 Å². The number of rotatable bonds is 8. The fourth-order valence-corrected chi connectivity index (χ4v) is 4.69. The summed E-state index contributed by atoms with van der Waals surface area (Å²) in [4.78, 5) is 0. The molecule has 5 heteroatoms. The molecule has 0 N–H and O–H groups in total. The normalized spacial score (nSPS) is 18.1. The van der Waals surface area contributed by atoms with Crippen LogP contribution in [-0.4, -0.2) is 13.7 Å². The van der Waals surface area contributed by atoms with Crippen LogP contribution in [-0.2, 0) is 4.74 Å². The van der Waals surface area contributed by atoms with Crippen LogP contribution in [0.5, 0.6) is 5.75 Å². The van der Waals surface area contributed by atoms with Crippen molar-refractivity contribution in [3.8, 4) is 28.0 Å². The number of ether oxygens (including phenoxy) is 2. The second-order valence-corrected chi connectivity index (χ2v) is 9.02. The molecule has 0 amide bonds. The van der Waals surface area contributed by atoms with Gasteiger partial charge in [0.15, 0.2) is 11.6 Å². The summed E-state index contributed by atoms with van der Waals surface area (Å²) < 4.78 is 54.4. The Balaban J connectivity index is 1.45. The lowest BCUT2D eigenvalue weighted by molar-refractivity contribution is -0.0200. The van der Waals surface area contributed by atoms with Crippen molar-refractivity contribution >= 4 is 0 Å². The predicted octanol–water partition coefficient (Wildman–Crippen LogP) is 8.49. The Morgan fingerprint density at radius 2 is 1.56 bits per heavy atom. The van der Waals surface area contributed by atoms with E-state index in [2.05, 4.69) is 6.92 Å². The number of unbranched alkanes of at least 4 members (excludes halogenated alkanes) is 2. The summed E-state index contributed by atoms with van der Waals surface area (Å²) >= 11 is 0. The first-order valence-electron chi connectivity index (χ1n) is 12.1. The fourth-order valence-electron chi connectivity index (χ4n) is 4.69. The summed E-state index contributed by atoms with van der Waals surface area (Å²) in [5.41, 5.74) is 2.63. The molecule has 2 atom stereocenters. The summed E-state index contributed by atoms with van der Waals surface area (Å²) in [7, 11) is 1.29. The van der Waals surface area contributed by atoms with E-state index in [1.165, 1.54) is 44.9 Å². The van der Waals surface area contributed by atoms with Gasteiger partial charge in [0.2, 0.25) is 5.82 Å². The maximum absolute atomic E-state index is 15.0. The molecule has 180 valence electrons. The second kappa shape index (κ2) is 11.1. The van der Waals surface area contributed by atoms with E-state index in [-0.39, 0.29) is 23.2 Å². The largest absolute Gasteiger partial charge is 0.494 e. The number of halogens is 3. The lowest BCUT2D eigenvalue weighted by atomic mass is 9.90. The van der Waals surface area contributed by atoms with Gasteiger partial charge in [0.1, 0.15) is 5.82 Å². The Morgan fingerprint density at radius 3 is 2.18 bits per heavy atom. The fraction of sp³-hybridized carbons (Fsp3) is 0.379. The SMILES string of the molecule is CCCCCC1CCC(c2ccc(-c3ccc(-c4ccc(OC)c(F)c4F)cc3)c(F)c2)OC1. The molecular formula is C29H31F3O2. The van der Waals surface area contributed by atoms with Crippen molar-refractivity contribution in [2.45, 2.75) is 51.6 Å². The van der Waals surface area contributed by atoms with Crippen molar-refractivity contribution < 1.29 is 22.6 Å². The van der Waals surface area contributed by atoms with Crippen LogP contribution in [0.4, 0.5) is 13.2 Å². The molecule has 0 radical (unpaired) electrons. The summed E-state index contributed by atoms with van der Waals surface area (Å²) in [6, 6.07) is 14.9. The number of benzene rings is 3. The van der Waals surface area contributed by atoms with Crippen LogP contribution in [0.25, 0.3) is 22.3 Å². The molecule has 0 bridgehead atoms. The van der Waals surface area contributed by atoms with Crippen molar-refractivity contribution in [3.05, 3.63) is 77.6 Å². The smallest absolute Gasteiger partial charge is 0.201 e. The molecule has 0 aromatic heterocycles. The minimum absolute atomic E-state index is 0.0682. The van der Waals surface area contributed by atoms with E-state index in [1.54, 1.807) is 36.4 Å². The molecular weight excluding hydrogens is 437 g/mol. The number of hydrogen-bond acceptors (Lipinski definition) is 2. The highest BCUT2D eigenvalue weighted by Gasteiger charge is 2.23. The summed E-state index contributed by atoms with van der Waals surface area (Å²) in [6.45, 7) is 2.95. The van der Waals surface area contributed by atoms with Crippen LogP contribution in [0.1, 0.15) is 57.1 Å². The first kappa shape index (κ1) is 24.3. The molecule has 34 heavy (non-hydrogen) atoms. The van der Waals surface area contributed by atoms with Crippen LogP contribution in [0.2, 0.25) is 0 Å². The van der Waals surface area contributed by atoms with Crippen molar-refractivity contribution in [3.63, 3.8) is 0 Å². The average Bonchev–Trinajstić information content (AvgIpc) is 2.86. The highest BCUT2D eigenvalue weighted by atomic mass is 19.2. The number of hydrogen-bond donors (Lipinski definition) is 0. The Bertz CT molecular complexity index is 1100. The van der Waals surface area contributed by atoms with E-state index >= 15 is 4.39 Å². The van der Waals surface area contributed by atoms with Gasteiger partial charge in [-0.3, -0.25) is 0 Å². The molecule has 1 saturated heterocycles. The minimum atomic E-state index is -1.03. The van der Waals surface area contributed by atoms with Gasteiger partial charge in [-0.1, -0.05) is 62.6 Å². The molecule has 4 rings (SSSR count). The molecule has 0 spiro atoms. The van der Waals surface area contributed by atoms with Gasteiger partial charge in [0, 0.05) is 11.1 Å². The monoisotopic (exact) mass is 468 g/mol. The van der Waals surface area contributed by atoms with Gasteiger partial charge in [0.25, 0.3) is 0 Å². The van der Waals surface area contributed by atoms with E-state index in [4.69, 9.17) is 9.47 Å². The van der Waals surface area contributed by atoms with Gasteiger partial charge in [-0.25, -0.2) is 8.78 Å². The molecule has 3 aromatic rings. The molecule has 0 aliphatic carbocycles. The van der Waals surface area contributed by atoms with E-state index in [1.807, 2.05) is 6.07 Å². The zero-order valence-corrected chi connectivity index (χ0v) is 19.8. The highest BCUT2D eigenvalue weighted by molar-refractivity contribution is 5.71. The quantitative estimate of drug-likeness (QED) is 0.309. The van der Waals surface area contributed by atoms with Crippen LogP contribution >= 0.6 is 0 Å². The highest BCUT2D eigenvalue weighted by Crippen LogP contribution is 2.36. The maximum atomic E-state index is 15.0. The molecule has 2 unspecified atom stereocenters. The van der Waals surface area contributed by atoms with Crippen molar-refractivity contribution in [2.75, 3.05) is 13.7 Å². The zero-order valence-electron chi connectivity index (χ0n) is 19.8. The Kier molecular flexibility index (Phi) is 7.94. The molecule has 2 nitrogen and oxygen atoms in total. The molecule has 1 heterocycles. The van der Waals surface area contributed by atoms with Gasteiger partial charge in [-0.2, -0.15) is 4.39 Å². The molecule has 1 fully saturated rings. The van der Waals surface area contributed by atoms with Gasteiger partial charge in [-0.15, -0.1) is 0 Å². The summed E-state index contributed by atoms with van der Waals surface area (Å²) in [5, 5.41) is 0. The lowest BCUT2D eigenvalue weighted by Gasteiger charge is -2.29. The summed E-state index contributed by atoms with van der Waals surface area (Å²) in [6.07, 6.45) is 6.90. The van der Waals surface area contributed by atoms with E-state index in [9.17, 15) is 8.78 Å². The van der Waals surface area contributed by atoms with Crippen molar-refractivity contribution in [1.82, 2.24) is 0 Å². The topological polar surface area (TPSA) is 18.5 Å². The van der Waals surface area contributed by atoms with Crippen LogP contribution in [0.15, 0.2) is 54.6 Å². The zero-order chi connectivity index (χ0) is 24.1. The van der Waals surface area contributed by atoms with Gasteiger partial charge < -0.3 is 9.47 Å². The molecule has 1 aliphatic heterocycles. The lowest BCUT2D eigenvalue weighted by Crippen LogP contribution is -2.20.